The van der Waals surface area contributed by atoms with E-state index >= 15 is 0 Å². The molecular formula is C24H29ClN6. The summed E-state index contributed by atoms with van der Waals surface area (Å²) in [5.41, 5.74) is 6.36. The topological polar surface area (TPSA) is 56.3 Å². The molecule has 4 rings (SSSR count). The predicted molar refractivity (Wildman–Crippen MR) is 130 cm³/mol. The van der Waals surface area contributed by atoms with Crippen LogP contribution in [0.2, 0.25) is 5.02 Å². The van der Waals surface area contributed by atoms with Crippen LogP contribution in [-0.2, 0) is 0 Å². The molecule has 0 radical (unpaired) electrons. The van der Waals surface area contributed by atoms with Gasteiger partial charge in [0.15, 0.2) is 0 Å². The molecule has 1 aliphatic rings. The highest BCUT2D eigenvalue weighted by Crippen LogP contribution is 2.29. The molecule has 1 fully saturated rings. The summed E-state index contributed by atoms with van der Waals surface area (Å²) >= 11 is 6.23. The van der Waals surface area contributed by atoms with Gasteiger partial charge >= 0.3 is 0 Å². The summed E-state index contributed by atoms with van der Waals surface area (Å²) in [6.07, 6.45) is 1.83. The fraction of sp³-hybridized carbons (Fsp3) is 0.333. The molecule has 0 aliphatic carbocycles. The van der Waals surface area contributed by atoms with Crippen LogP contribution < -0.4 is 15.5 Å². The molecule has 3 aromatic rings. The van der Waals surface area contributed by atoms with Gasteiger partial charge in [0.2, 0.25) is 5.95 Å². The number of likely N-dealkylation sites (N-methyl/N-ethyl adjacent to an activating group) is 1. The van der Waals surface area contributed by atoms with E-state index in [1.54, 1.807) is 0 Å². The average molecular weight is 437 g/mol. The number of aromatic nitrogens is 2. The molecule has 31 heavy (non-hydrogen) atoms. The number of piperazine rings is 1. The summed E-state index contributed by atoms with van der Waals surface area (Å²) in [4.78, 5) is 13.9. The van der Waals surface area contributed by atoms with Gasteiger partial charge in [-0.2, -0.15) is 4.98 Å². The first-order valence-corrected chi connectivity index (χ1v) is 11.0. The second kappa shape index (κ2) is 9.12. The lowest BCUT2D eigenvalue weighted by atomic mass is 10.1. The van der Waals surface area contributed by atoms with Gasteiger partial charge in [0.1, 0.15) is 5.82 Å². The van der Waals surface area contributed by atoms with Gasteiger partial charge in [0, 0.05) is 60.0 Å². The summed E-state index contributed by atoms with van der Waals surface area (Å²) in [7, 11) is 2.17. The number of aryl methyl sites for hydroxylation is 1. The largest absolute Gasteiger partial charge is 0.369 e. The first kappa shape index (κ1) is 21.4. The Bertz CT molecular complexity index is 1060. The van der Waals surface area contributed by atoms with E-state index in [0.29, 0.717) is 5.95 Å². The smallest absolute Gasteiger partial charge is 0.229 e. The molecule has 0 atom stereocenters. The fourth-order valence-electron chi connectivity index (χ4n) is 3.63. The minimum atomic E-state index is 0.559. The van der Waals surface area contributed by atoms with E-state index in [1.807, 2.05) is 32.2 Å². The van der Waals surface area contributed by atoms with E-state index in [4.69, 9.17) is 16.6 Å². The van der Waals surface area contributed by atoms with Crippen molar-refractivity contribution in [1.82, 2.24) is 14.9 Å². The number of hydrogen-bond acceptors (Lipinski definition) is 6. The van der Waals surface area contributed by atoms with Crippen LogP contribution >= 0.6 is 11.6 Å². The first-order chi connectivity index (χ1) is 14.9. The maximum atomic E-state index is 6.23. The number of halogens is 1. The van der Waals surface area contributed by atoms with E-state index < -0.39 is 0 Å². The van der Waals surface area contributed by atoms with Crippen LogP contribution in [0.5, 0.6) is 0 Å². The van der Waals surface area contributed by atoms with Crippen molar-refractivity contribution in [3.8, 4) is 0 Å². The third-order valence-electron chi connectivity index (χ3n) is 5.94. The standard InChI is InChI=1S/C24H29ClN6/c1-16-15-26-24(29-23(16)28-22-10-9-21(25)17(2)18(22)3)27-19-5-7-20(8-6-19)31-13-11-30(4)12-14-31/h5-10,15H,11-14H2,1-4H3,(H2,26,27,28,29). The van der Waals surface area contributed by atoms with Crippen molar-refractivity contribution in [1.29, 1.82) is 0 Å². The number of benzene rings is 2. The molecule has 7 heteroatoms. The second-order valence-corrected chi connectivity index (χ2v) is 8.56. The van der Waals surface area contributed by atoms with Crippen molar-refractivity contribution in [3.05, 3.63) is 64.3 Å². The van der Waals surface area contributed by atoms with Crippen LogP contribution in [0, 0.1) is 20.8 Å². The van der Waals surface area contributed by atoms with Gasteiger partial charge in [-0.1, -0.05) is 11.6 Å². The lowest BCUT2D eigenvalue weighted by Crippen LogP contribution is -2.44. The number of anilines is 5. The SMILES string of the molecule is Cc1cnc(Nc2ccc(N3CCN(C)CC3)cc2)nc1Nc1ccc(Cl)c(C)c1C. The summed E-state index contributed by atoms with van der Waals surface area (Å²) in [5.74, 6) is 1.33. The second-order valence-electron chi connectivity index (χ2n) is 8.16. The van der Waals surface area contributed by atoms with Crippen molar-refractivity contribution in [2.45, 2.75) is 20.8 Å². The van der Waals surface area contributed by atoms with Gasteiger partial charge in [-0.15, -0.1) is 0 Å². The zero-order chi connectivity index (χ0) is 22.0. The zero-order valence-electron chi connectivity index (χ0n) is 18.5. The molecule has 2 N–H and O–H groups in total. The lowest BCUT2D eigenvalue weighted by molar-refractivity contribution is 0.313. The average Bonchev–Trinajstić information content (AvgIpc) is 2.77. The Morgan fingerprint density at radius 3 is 2.29 bits per heavy atom. The van der Waals surface area contributed by atoms with E-state index in [9.17, 15) is 0 Å². The third-order valence-corrected chi connectivity index (χ3v) is 6.35. The zero-order valence-corrected chi connectivity index (χ0v) is 19.3. The molecule has 0 bridgehead atoms. The summed E-state index contributed by atoms with van der Waals surface area (Å²) in [6, 6.07) is 12.4. The highest BCUT2D eigenvalue weighted by atomic mass is 35.5. The number of nitrogens with zero attached hydrogens (tertiary/aromatic N) is 4. The monoisotopic (exact) mass is 436 g/mol. The Morgan fingerprint density at radius 2 is 1.58 bits per heavy atom. The van der Waals surface area contributed by atoms with Crippen molar-refractivity contribution in [2.24, 2.45) is 0 Å². The van der Waals surface area contributed by atoms with Gasteiger partial charge in [0.25, 0.3) is 0 Å². The Labute approximate surface area is 189 Å². The van der Waals surface area contributed by atoms with Crippen LogP contribution in [0.3, 0.4) is 0 Å². The van der Waals surface area contributed by atoms with Crippen LogP contribution in [0.4, 0.5) is 28.8 Å². The molecule has 0 unspecified atom stereocenters. The van der Waals surface area contributed by atoms with E-state index in [0.717, 1.165) is 65.1 Å². The molecule has 1 aliphatic heterocycles. The van der Waals surface area contributed by atoms with Crippen molar-refractivity contribution in [3.63, 3.8) is 0 Å². The van der Waals surface area contributed by atoms with Gasteiger partial charge in [0.05, 0.1) is 0 Å². The predicted octanol–water partition coefficient (Wildman–Crippen LogP) is 5.29. The van der Waals surface area contributed by atoms with Crippen molar-refractivity contribution in [2.75, 3.05) is 48.8 Å². The van der Waals surface area contributed by atoms with Gasteiger partial charge < -0.3 is 20.4 Å². The van der Waals surface area contributed by atoms with Gasteiger partial charge in [-0.25, -0.2) is 4.98 Å². The van der Waals surface area contributed by atoms with Crippen molar-refractivity contribution < 1.29 is 0 Å². The summed E-state index contributed by atoms with van der Waals surface area (Å²) in [6.45, 7) is 10.4. The lowest BCUT2D eigenvalue weighted by Gasteiger charge is -2.34. The number of hydrogen-bond donors (Lipinski definition) is 2. The molecule has 0 saturated carbocycles. The molecule has 162 valence electrons. The number of rotatable bonds is 5. The summed E-state index contributed by atoms with van der Waals surface area (Å²) < 4.78 is 0. The molecule has 1 aromatic heterocycles. The Balaban J connectivity index is 1.48. The molecule has 0 spiro atoms. The Morgan fingerprint density at radius 1 is 0.871 bits per heavy atom. The van der Waals surface area contributed by atoms with Crippen LogP contribution in [0.1, 0.15) is 16.7 Å². The Hall–Kier alpha value is -2.83. The van der Waals surface area contributed by atoms with Crippen LogP contribution in [0.15, 0.2) is 42.6 Å². The maximum absolute atomic E-state index is 6.23. The molecule has 0 amide bonds. The highest BCUT2D eigenvalue weighted by molar-refractivity contribution is 6.31. The Kier molecular flexibility index (Phi) is 6.30. The van der Waals surface area contributed by atoms with Crippen molar-refractivity contribution >= 4 is 40.4 Å². The maximum Gasteiger partial charge on any atom is 0.229 e. The van der Waals surface area contributed by atoms with Crippen LogP contribution in [-0.4, -0.2) is 48.1 Å². The fourth-order valence-corrected chi connectivity index (χ4v) is 3.83. The minimum Gasteiger partial charge on any atom is -0.369 e. The van der Waals surface area contributed by atoms with E-state index in [-0.39, 0.29) is 0 Å². The van der Waals surface area contributed by atoms with Gasteiger partial charge in [-0.05, 0) is 75.3 Å². The first-order valence-electron chi connectivity index (χ1n) is 10.6. The molecule has 2 heterocycles. The molecule has 1 saturated heterocycles. The van der Waals surface area contributed by atoms with Crippen LogP contribution in [0.25, 0.3) is 0 Å². The summed E-state index contributed by atoms with van der Waals surface area (Å²) in [5, 5.41) is 7.52. The quantitative estimate of drug-likeness (QED) is 0.566. The van der Waals surface area contributed by atoms with Gasteiger partial charge in [-0.3, -0.25) is 0 Å². The minimum absolute atomic E-state index is 0.559. The van der Waals surface area contributed by atoms with E-state index in [2.05, 4.69) is 63.7 Å². The normalized spacial score (nSPS) is 14.5. The highest BCUT2D eigenvalue weighted by Gasteiger charge is 2.14. The molecular weight excluding hydrogens is 408 g/mol. The van der Waals surface area contributed by atoms with E-state index in [1.165, 1.54) is 5.69 Å². The number of nitrogens with one attached hydrogen (secondary N) is 2. The third kappa shape index (κ3) is 4.92. The molecule has 2 aromatic carbocycles. The molecule has 6 nitrogen and oxygen atoms in total.